The van der Waals surface area contributed by atoms with Crippen LogP contribution in [0.4, 0.5) is 0 Å². The van der Waals surface area contributed by atoms with Crippen LogP contribution in [0.5, 0.6) is 0 Å². The molecule has 0 unspecified atom stereocenters. The highest BCUT2D eigenvalue weighted by molar-refractivity contribution is 5.16. The van der Waals surface area contributed by atoms with Crippen molar-refractivity contribution in [1.82, 2.24) is 5.32 Å². The molecule has 0 saturated carbocycles. The predicted molar refractivity (Wildman–Crippen MR) is 79.0 cm³/mol. The van der Waals surface area contributed by atoms with E-state index in [0.29, 0.717) is 0 Å². The van der Waals surface area contributed by atoms with Crippen molar-refractivity contribution in [2.75, 3.05) is 6.54 Å². The Balaban J connectivity index is 1.96. The summed E-state index contributed by atoms with van der Waals surface area (Å²) in [5, 5.41) is 3.58. The van der Waals surface area contributed by atoms with E-state index < -0.39 is 0 Å². The van der Waals surface area contributed by atoms with Crippen LogP contribution in [0.3, 0.4) is 0 Å². The fraction of sp³-hybridized carbons (Fsp3) is 0.294. The third kappa shape index (κ3) is 3.58. The smallest absolute Gasteiger partial charge is 0.123 e. The van der Waals surface area contributed by atoms with E-state index in [2.05, 4.69) is 43.1 Å². The van der Waals surface area contributed by atoms with E-state index in [1.165, 1.54) is 5.56 Å². The van der Waals surface area contributed by atoms with Crippen molar-refractivity contribution in [2.45, 2.75) is 25.3 Å². The molecule has 0 aliphatic heterocycles. The van der Waals surface area contributed by atoms with Crippen LogP contribution in [0.2, 0.25) is 0 Å². The Morgan fingerprint density at radius 1 is 1.21 bits per heavy atom. The van der Waals surface area contributed by atoms with Crippen molar-refractivity contribution in [1.29, 1.82) is 0 Å². The Kier molecular flexibility index (Phi) is 4.58. The highest BCUT2D eigenvalue weighted by Crippen LogP contribution is 2.25. The van der Waals surface area contributed by atoms with Gasteiger partial charge in [-0.3, -0.25) is 0 Å². The van der Waals surface area contributed by atoms with Crippen LogP contribution in [0.25, 0.3) is 0 Å². The van der Waals surface area contributed by atoms with Gasteiger partial charge in [-0.15, -0.1) is 6.58 Å². The summed E-state index contributed by atoms with van der Waals surface area (Å²) in [5.74, 6) is 0.959. The highest BCUT2D eigenvalue weighted by Gasteiger charge is 2.27. The molecule has 0 aliphatic rings. The fourth-order valence-corrected chi connectivity index (χ4v) is 2.27. The third-order valence-corrected chi connectivity index (χ3v) is 3.39. The second-order valence-corrected chi connectivity index (χ2v) is 4.96. The van der Waals surface area contributed by atoms with Crippen LogP contribution < -0.4 is 5.32 Å². The summed E-state index contributed by atoms with van der Waals surface area (Å²) in [4.78, 5) is 0. The molecule has 2 aromatic rings. The topological polar surface area (TPSA) is 25.2 Å². The number of hydrogen-bond acceptors (Lipinski definition) is 2. The molecular formula is C17H21NO. The molecular weight excluding hydrogens is 234 g/mol. The average molecular weight is 255 g/mol. The molecule has 0 radical (unpaired) electrons. The van der Waals surface area contributed by atoms with E-state index in [-0.39, 0.29) is 5.54 Å². The van der Waals surface area contributed by atoms with E-state index >= 15 is 0 Å². The van der Waals surface area contributed by atoms with Crippen LogP contribution in [-0.2, 0) is 12.0 Å². The van der Waals surface area contributed by atoms with Gasteiger partial charge in [-0.2, -0.15) is 0 Å². The van der Waals surface area contributed by atoms with Gasteiger partial charge in [0.1, 0.15) is 5.76 Å². The summed E-state index contributed by atoms with van der Waals surface area (Å²) in [7, 11) is 0. The molecule has 0 amide bonds. The zero-order valence-electron chi connectivity index (χ0n) is 11.4. The third-order valence-electron chi connectivity index (χ3n) is 3.39. The van der Waals surface area contributed by atoms with Gasteiger partial charge >= 0.3 is 0 Å². The first kappa shape index (κ1) is 13.6. The zero-order valence-corrected chi connectivity index (χ0v) is 11.4. The summed E-state index contributed by atoms with van der Waals surface area (Å²) in [6, 6.07) is 14.4. The molecule has 1 aromatic carbocycles. The lowest BCUT2D eigenvalue weighted by molar-refractivity contribution is 0.298. The number of hydrogen-bond donors (Lipinski definition) is 1. The van der Waals surface area contributed by atoms with E-state index in [0.717, 1.165) is 25.1 Å². The summed E-state index contributed by atoms with van der Waals surface area (Å²) in [5.41, 5.74) is 1.16. The lowest BCUT2D eigenvalue weighted by Gasteiger charge is -2.27. The number of nitrogens with one attached hydrogen (secondary N) is 1. The van der Waals surface area contributed by atoms with Crippen molar-refractivity contribution in [2.24, 2.45) is 0 Å². The van der Waals surface area contributed by atoms with Crippen molar-refractivity contribution in [3.05, 3.63) is 72.7 Å². The van der Waals surface area contributed by atoms with Crippen molar-refractivity contribution >= 4 is 0 Å². The molecule has 0 saturated heterocycles. The number of benzene rings is 1. The monoisotopic (exact) mass is 255 g/mol. The summed E-state index contributed by atoms with van der Waals surface area (Å²) >= 11 is 0. The minimum atomic E-state index is -0.181. The van der Waals surface area contributed by atoms with Gasteiger partial charge in [-0.1, -0.05) is 36.4 Å². The summed E-state index contributed by atoms with van der Waals surface area (Å²) in [6.07, 6.45) is 5.50. The van der Waals surface area contributed by atoms with Gasteiger partial charge in [-0.25, -0.2) is 0 Å². The van der Waals surface area contributed by atoms with Gasteiger partial charge in [0.25, 0.3) is 0 Å². The van der Waals surface area contributed by atoms with Crippen LogP contribution in [0.15, 0.2) is 65.8 Å². The predicted octanol–water partition coefficient (Wildman–Crippen LogP) is 3.90. The minimum Gasteiger partial charge on any atom is -0.467 e. The van der Waals surface area contributed by atoms with Crippen LogP contribution >= 0.6 is 0 Å². The molecule has 2 nitrogen and oxygen atoms in total. The first-order chi connectivity index (χ1) is 9.24. The summed E-state index contributed by atoms with van der Waals surface area (Å²) < 4.78 is 5.54. The maximum atomic E-state index is 5.54. The molecule has 0 aliphatic carbocycles. The number of rotatable bonds is 7. The van der Waals surface area contributed by atoms with E-state index in [4.69, 9.17) is 4.42 Å². The molecule has 1 aromatic heterocycles. The zero-order chi connectivity index (χ0) is 13.6. The quantitative estimate of drug-likeness (QED) is 0.759. The Hall–Kier alpha value is -1.80. The van der Waals surface area contributed by atoms with Crippen molar-refractivity contribution < 1.29 is 4.42 Å². The van der Waals surface area contributed by atoms with Crippen LogP contribution in [0, 0.1) is 0 Å². The van der Waals surface area contributed by atoms with E-state index in [1.54, 1.807) is 6.26 Å². The molecule has 1 atom stereocenters. The molecule has 1 heterocycles. The van der Waals surface area contributed by atoms with Gasteiger partial charge in [-0.05, 0) is 37.5 Å². The van der Waals surface area contributed by atoms with E-state index in [1.807, 2.05) is 24.3 Å². The SMILES string of the molecule is C=CC[C@@](C)(NCCc1ccccc1)c1ccco1. The molecule has 2 rings (SSSR count). The number of furan rings is 1. The Morgan fingerprint density at radius 3 is 2.63 bits per heavy atom. The van der Waals surface area contributed by atoms with Gasteiger partial charge in [0, 0.05) is 6.54 Å². The second kappa shape index (κ2) is 6.39. The Bertz CT molecular complexity index is 489. The van der Waals surface area contributed by atoms with Gasteiger partial charge < -0.3 is 9.73 Å². The molecule has 0 fully saturated rings. The lowest BCUT2D eigenvalue weighted by Crippen LogP contribution is -2.40. The summed E-state index contributed by atoms with van der Waals surface area (Å²) in [6.45, 7) is 6.90. The first-order valence-electron chi connectivity index (χ1n) is 6.68. The first-order valence-corrected chi connectivity index (χ1v) is 6.68. The fourth-order valence-electron chi connectivity index (χ4n) is 2.27. The maximum absolute atomic E-state index is 5.54. The normalized spacial score (nSPS) is 13.9. The molecule has 0 bridgehead atoms. The lowest BCUT2D eigenvalue weighted by atomic mass is 9.94. The van der Waals surface area contributed by atoms with Crippen molar-refractivity contribution in [3.63, 3.8) is 0 Å². The van der Waals surface area contributed by atoms with Crippen LogP contribution in [0.1, 0.15) is 24.7 Å². The standard InChI is InChI=1S/C17H21NO/c1-3-12-17(2,16-10-7-14-19-16)18-13-11-15-8-5-4-6-9-15/h3-10,14,18H,1,11-13H2,2H3/t17-/m1/s1. The van der Waals surface area contributed by atoms with E-state index in [9.17, 15) is 0 Å². The second-order valence-electron chi connectivity index (χ2n) is 4.96. The van der Waals surface area contributed by atoms with Gasteiger partial charge in [0.15, 0.2) is 0 Å². The van der Waals surface area contributed by atoms with Crippen molar-refractivity contribution in [3.8, 4) is 0 Å². The minimum absolute atomic E-state index is 0.181. The molecule has 1 N–H and O–H groups in total. The van der Waals surface area contributed by atoms with Crippen LogP contribution in [-0.4, -0.2) is 6.54 Å². The molecule has 100 valence electrons. The highest BCUT2D eigenvalue weighted by atomic mass is 16.3. The maximum Gasteiger partial charge on any atom is 0.123 e. The van der Waals surface area contributed by atoms with Gasteiger partial charge in [0.2, 0.25) is 0 Å². The molecule has 19 heavy (non-hydrogen) atoms. The molecule has 2 heteroatoms. The largest absolute Gasteiger partial charge is 0.467 e. The Morgan fingerprint density at radius 2 is 2.00 bits per heavy atom. The van der Waals surface area contributed by atoms with Gasteiger partial charge in [0.05, 0.1) is 11.8 Å². The average Bonchev–Trinajstić information content (AvgIpc) is 2.95. The Labute approximate surface area is 115 Å². The molecule has 0 spiro atoms.